The number of carbonyl (C=O) groups is 1. The number of rotatable bonds is 7. The maximum atomic E-state index is 13.2. The van der Waals surface area contributed by atoms with Crippen molar-refractivity contribution in [2.75, 3.05) is 6.54 Å². The summed E-state index contributed by atoms with van der Waals surface area (Å²) in [6.45, 7) is 3.71. The van der Waals surface area contributed by atoms with Gasteiger partial charge < -0.3 is 5.32 Å². The zero-order valence-corrected chi connectivity index (χ0v) is 18.6. The Bertz CT molecular complexity index is 1450. The average Bonchev–Trinajstić information content (AvgIpc) is 3.15. The molecule has 1 N–H and O–H groups in total. The molecule has 11 heteroatoms. The maximum absolute atomic E-state index is 13.2. The van der Waals surface area contributed by atoms with Crippen LogP contribution in [0.3, 0.4) is 0 Å². The smallest absolute Gasteiger partial charge is 0.267 e. The highest BCUT2D eigenvalue weighted by Crippen LogP contribution is 2.15. The van der Waals surface area contributed by atoms with Crippen LogP contribution in [0.15, 0.2) is 64.2 Å². The Morgan fingerprint density at radius 1 is 0.912 bits per heavy atom. The fraction of sp³-hybridized carbons (Fsp3) is 0.217. The lowest BCUT2D eigenvalue weighted by Crippen LogP contribution is -2.36. The van der Waals surface area contributed by atoms with Gasteiger partial charge in [-0.25, -0.2) is 18.4 Å². The number of carbonyl (C=O) groups excluding carboxylic acids is 1. The number of aryl methyl sites for hydroxylation is 2. The van der Waals surface area contributed by atoms with Gasteiger partial charge in [0.15, 0.2) is 5.82 Å². The molecule has 10 nitrogen and oxygen atoms in total. The lowest BCUT2D eigenvalue weighted by atomic mass is 10.1. The van der Waals surface area contributed by atoms with Gasteiger partial charge in [-0.15, -0.1) is 5.10 Å². The van der Waals surface area contributed by atoms with Crippen molar-refractivity contribution in [3.63, 3.8) is 0 Å². The van der Waals surface area contributed by atoms with Gasteiger partial charge in [-0.05, 0) is 56.3 Å². The van der Waals surface area contributed by atoms with Crippen LogP contribution in [-0.2, 0) is 17.9 Å². The Hall–Kier alpha value is -4.41. The van der Waals surface area contributed by atoms with E-state index in [1.54, 1.807) is 10.7 Å². The summed E-state index contributed by atoms with van der Waals surface area (Å²) in [7, 11) is 0. The Labute approximate surface area is 193 Å². The Morgan fingerprint density at radius 2 is 1.62 bits per heavy atom. The third kappa shape index (κ3) is 5.14. The number of halogens is 1. The zero-order valence-electron chi connectivity index (χ0n) is 18.6. The summed E-state index contributed by atoms with van der Waals surface area (Å²) in [5, 5.41) is 15.5. The second kappa shape index (κ2) is 9.61. The molecule has 4 rings (SSSR count). The van der Waals surface area contributed by atoms with Crippen LogP contribution >= 0.6 is 0 Å². The maximum Gasteiger partial charge on any atom is 0.267 e. The van der Waals surface area contributed by atoms with E-state index < -0.39 is 11.5 Å². The lowest BCUT2D eigenvalue weighted by Gasteiger charge is -2.10. The molecule has 0 saturated heterocycles. The molecule has 0 radical (unpaired) electrons. The van der Waals surface area contributed by atoms with Gasteiger partial charge in [0, 0.05) is 29.9 Å². The van der Waals surface area contributed by atoms with Crippen molar-refractivity contribution in [3.8, 4) is 17.1 Å². The molecule has 0 aliphatic rings. The summed E-state index contributed by atoms with van der Waals surface area (Å²) >= 11 is 0. The number of benzene rings is 1. The minimum absolute atomic E-state index is 0.124. The first-order valence-corrected chi connectivity index (χ1v) is 10.5. The van der Waals surface area contributed by atoms with E-state index in [0.717, 1.165) is 16.1 Å². The summed E-state index contributed by atoms with van der Waals surface area (Å²) < 4.78 is 17.1. The molecule has 3 heterocycles. The number of amides is 1. The monoisotopic (exact) mass is 463 g/mol. The van der Waals surface area contributed by atoms with Gasteiger partial charge in [0.25, 0.3) is 11.1 Å². The number of nitrogens with one attached hydrogen (secondary N) is 1. The van der Waals surface area contributed by atoms with E-state index in [9.17, 15) is 18.8 Å². The average molecular weight is 463 g/mol. The largest absolute Gasteiger partial charge is 0.353 e. The number of nitrogens with zero attached hydrogens (tertiary/aromatic N) is 6. The first-order valence-electron chi connectivity index (χ1n) is 10.5. The Morgan fingerprint density at radius 3 is 2.32 bits per heavy atom. The van der Waals surface area contributed by atoms with E-state index >= 15 is 0 Å². The minimum Gasteiger partial charge on any atom is -0.353 e. The highest BCUT2D eigenvalue weighted by molar-refractivity contribution is 5.75. The van der Waals surface area contributed by atoms with Crippen molar-refractivity contribution in [1.82, 2.24) is 34.7 Å². The standard InChI is InChI=1S/C23H22FN7O3/c1-15-13-16(2)31(26-15)20-8-10-22(33)29(28-20)12-11-25-21(32)14-30-23(34)9-7-19(27-30)17-3-5-18(24)6-4-17/h3-10,13H,11-12,14H2,1-2H3,(H,25,32). The number of aromatic nitrogens is 6. The summed E-state index contributed by atoms with van der Waals surface area (Å²) in [5.74, 6) is -0.344. The zero-order chi connectivity index (χ0) is 24.2. The molecule has 0 spiro atoms. The molecule has 0 saturated carbocycles. The normalized spacial score (nSPS) is 10.9. The molecule has 0 unspecified atom stereocenters. The fourth-order valence-electron chi connectivity index (χ4n) is 3.40. The SMILES string of the molecule is Cc1cc(C)n(-c2ccc(=O)n(CCNC(=O)Cn3nc(-c4ccc(F)cc4)ccc3=O)n2)n1. The molecule has 3 aromatic heterocycles. The van der Waals surface area contributed by atoms with E-state index in [0.29, 0.717) is 17.1 Å². The predicted molar refractivity (Wildman–Crippen MR) is 122 cm³/mol. The lowest BCUT2D eigenvalue weighted by molar-refractivity contribution is -0.121. The first-order chi connectivity index (χ1) is 16.3. The quantitative estimate of drug-likeness (QED) is 0.441. The van der Waals surface area contributed by atoms with Crippen molar-refractivity contribution in [2.24, 2.45) is 0 Å². The third-order valence-corrected chi connectivity index (χ3v) is 5.02. The van der Waals surface area contributed by atoms with Gasteiger partial charge in [0.1, 0.15) is 12.4 Å². The molecular weight excluding hydrogens is 441 g/mol. The van der Waals surface area contributed by atoms with Crippen LogP contribution < -0.4 is 16.4 Å². The molecule has 0 atom stereocenters. The van der Waals surface area contributed by atoms with Crippen LogP contribution in [0.2, 0.25) is 0 Å². The van der Waals surface area contributed by atoms with Crippen LogP contribution in [0.4, 0.5) is 4.39 Å². The van der Waals surface area contributed by atoms with Gasteiger partial charge in [-0.1, -0.05) is 0 Å². The second-order valence-electron chi connectivity index (χ2n) is 7.66. The van der Waals surface area contributed by atoms with E-state index in [1.807, 2.05) is 19.9 Å². The molecule has 34 heavy (non-hydrogen) atoms. The summed E-state index contributed by atoms with van der Waals surface area (Å²) in [6, 6.07) is 13.4. The third-order valence-electron chi connectivity index (χ3n) is 5.02. The second-order valence-corrected chi connectivity index (χ2v) is 7.66. The van der Waals surface area contributed by atoms with E-state index in [2.05, 4.69) is 20.6 Å². The van der Waals surface area contributed by atoms with Gasteiger partial charge in [0.2, 0.25) is 5.91 Å². The van der Waals surface area contributed by atoms with Gasteiger partial charge in [-0.3, -0.25) is 14.4 Å². The van der Waals surface area contributed by atoms with Crippen molar-refractivity contribution < 1.29 is 9.18 Å². The van der Waals surface area contributed by atoms with E-state index in [-0.39, 0.29) is 31.0 Å². The molecule has 1 aromatic carbocycles. The van der Waals surface area contributed by atoms with E-state index in [1.165, 1.54) is 47.1 Å². The van der Waals surface area contributed by atoms with Gasteiger partial charge >= 0.3 is 0 Å². The summed E-state index contributed by atoms with van der Waals surface area (Å²) in [6.07, 6.45) is 0. The first kappa shape index (κ1) is 22.8. The van der Waals surface area contributed by atoms with Crippen molar-refractivity contribution >= 4 is 5.91 Å². The molecular formula is C23H22FN7O3. The molecule has 174 valence electrons. The van der Waals surface area contributed by atoms with Gasteiger partial charge in [-0.2, -0.15) is 10.2 Å². The van der Waals surface area contributed by atoms with Crippen molar-refractivity contribution in [2.45, 2.75) is 26.9 Å². The molecule has 0 fully saturated rings. The Kier molecular flexibility index (Phi) is 6.44. The number of hydrogen-bond donors (Lipinski definition) is 1. The van der Waals surface area contributed by atoms with Crippen molar-refractivity contribution in [3.05, 3.63) is 92.5 Å². The highest BCUT2D eigenvalue weighted by atomic mass is 19.1. The Balaban J connectivity index is 1.40. The van der Waals surface area contributed by atoms with Crippen LogP contribution in [0, 0.1) is 19.7 Å². The van der Waals surface area contributed by atoms with Crippen LogP contribution in [0.1, 0.15) is 11.4 Å². The van der Waals surface area contributed by atoms with Crippen LogP contribution in [-0.4, -0.2) is 41.8 Å². The minimum atomic E-state index is -0.450. The molecule has 0 aliphatic carbocycles. The van der Waals surface area contributed by atoms with E-state index in [4.69, 9.17) is 0 Å². The van der Waals surface area contributed by atoms with Gasteiger partial charge in [0.05, 0.1) is 17.9 Å². The number of hydrogen-bond acceptors (Lipinski definition) is 6. The highest BCUT2D eigenvalue weighted by Gasteiger charge is 2.10. The van der Waals surface area contributed by atoms with Crippen LogP contribution in [0.5, 0.6) is 0 Å². The van der Waals surface area contributed by atoms with Crippen LogP contribution in [0.25, 0.3) is 17.1 Å². The molecule has 0 aliphatic heterocycles. The summed E-state index contributed by atoms with van der Waals surface area (Å²) in [5.41, 5.74) is 1.99. The summed E-state index contributed by atoms with van der Waals surface area (Å²) in [4.78, 5) is 36.7. The molecule has 1 amide bonds. The predicted octanol–water partition coefficient (Wildman–Crippen LogP) is 1.23. The molecule has 0 bridgehead atoms. The topological polar surface area (TPSA) is 117 Å². The van der Waals surface area contributed by atoms with Crippen molar-refractivity contribution in [1.29, 1.82) is 0 Å². The molecule has 4 aromatic rings. The fourth-order valence-corrected chi connectivity index (χ4v) is 3.40.